The van der Waals surface area contributed by atoms with E-state index < -0.39 is 0 Å². The van der Waals surface area contributed by atoms with Gasteiger partial charge >= 0.3 is 0 Å². The highest BCUT2D eigenvalue weighted by atomic mass is 16.5. The van der Waals surface area contributed by atoms with Crippen molar-refractivity contribution in [1.29, 1.82) is 0 Å². The predicted molar refractivity (Wildman–Crippen MR) is 66.5 cm³/mol. The number of hydrogen-bond donors (Lipinski definition) is 1. The summed E-state index contributed by atoms with van der Waals surface area (Å²) in [6, 6.07) is 0. The first kappa shape index (κ1) is 12.3. The zero-order chi connectivity index (χ0) is 11.4. The number of likely N-dealkylation sites (tertiary alicyclic amines) is 1. The second-order valence-corrected chi connectivity index (χ2v) is 5.30. The van der Waals surface area contributed by atoms with Crippen molar-refractivity contribution in [3.8, 4) is 0 Å². The maximum absolute atomic E-state index is 6.04. The van der Waals surface area contributed by atoms with Crippen molar-refractivity contribution < 1.29 is 4.74 Å². The van der Waals surface area contributed by atoms with E-state index >= 15 is 0 Å². The molecule has 1 atom stereocenters. The largest absolute Gasteiger partial charge is 0.377 e. The Hall–Kier alpha value is -0.120. The monoisotopic (exact) mass is 226 g/mol. The smallest absolute Gasteiger partial charge is 0.0702 e. The quantitative estimate of drug-likeness (QED) is 0.794. The summed E-state index contributed by atoms with van der Waals surface area (Å²) in [5, 5.41) is 0. The third-order valence-electron chi connectivity index (χ3n) is 4.37. The third-order valence-corrected chi connectivity index (χ3v) is 4.37. The van der Waals surface area contributed by atoms with Gasteiger partial charge in [-0.05, 0) is 39.2 Å². The fourth-order valence-electron chi connectivity index (χ4n) is 3.42. The van der Waals surface area contributed by atoms with E-state index in [9.17, 15) is 0 Å². The summed E-state index contributed by atoms with van der Waals surface area (Å²) in [6.07, 6.45) is 8.24. The first-order valence-electron chi connectivity index (χ1n) is 6.87. The summed E-state index contributed by atoms with van der Waals surface area (Å²) < 4.78 is 5.78. The lowest BCUT2D eigenvalue weighted by Crippen LogP contribution is -2.56. The van der Waals surface area contributed by atoms with Gasteiger partial charge in [0, 0.05) is 25.2 Å². The van der Waals surface area contributed by atoms with Crippen LogP contribution in [-0.2, 0) is 4.74 Å². The maximum Gasteiger partial charge on any atom is 0.0702 e. The van der Waals surface area contributed by atoms with E-state index in [-0.39, 0.29) is 0 Å². The summed E-state index contributed by atoms with van der Waals surface area (Å²) in [5.41, 5.74) is 6.35. The van der Waals surface area contributed by atoms with Crippen LogP contribution >= 0.6 is 0 Å². The Balaban J connectivity index is 1.96. The molecule has 0 aromatic carbocycles. The molecule has 1 saturated heterocycles. The zero-order valence-corrected chi connectivity index (χ0v) is 10.6. The van der Waals surface area contributed by atoms with Crippen molar-refractivity contribution in [2.45, 2.75) is 57.1 Å². The fraction of sp³-hybridized carbons (Fsp3) is 1.00. The molecule has 0 bridgehead atoms. The summed E-state index contributed by atoms with van der Waals surface area (Å²) in [7, 11) is 0. The lowest BCUT2D eigenvalue weighted by molar-refractivity contribution is -0.0311. The SMILES string of the molecule is CCOC1CCCN(C2(CN)CCCC2)C1. The Bertz CT molecular complexity index is 212. The van der Waals surface area contributed by atoms with Gasteiger partial charge in [0.05, 0.1) is 6.10 Å². The molecule has 2 N–H and O–H groups in total. The van der Waals surface area contributed by atoms with E-state index in [4.69, 9.17) is 10.5 Å². The summed E-state index contributed by atoms with van der Waals surface area (Å²) in [6.45, 7) is 6.08. The topological polar surface area (TPSA) is 38.5 Å². The number of nitrogens with zero attached hydrogens (tertiary/aromatic N) is 1. The zero-order valence-electron chi connectivity index (χ0n) is 10.6. The summed E-state index contributed by atoms with van der Waals surface area (Å²) >= 11 is 0. The van der Waals surface area contributed by atoms with Crippen molar-refractivity contribution >= 4 is 0 Å². The molecule has 2 aliphatic rings. The lowest BCUT2D eigenvalue weighted by atomic mass is 9.92. The lowest BCUT2D eigenvalue weighted by Gasteiger charge is -2.45. The second-order valence-electron chi connectivity index (χ2n) is 5.30. The molecule has 3 nitrogen and oxygen atoms in total. The van der Waals surface area contributed by atoms with Gasteiger partial charge in [0.2, 0.25) is 0 Å². The molecular formula is C13H26N2O. The van der Waals surface area contributed by atoms with E-state index in [1.807, 2.05) is 0 Å². The van der Waals surface area contributed by atoms with Gasteiger partial charge in [-0.3, -0.25) is 4.90 Å². The van der Waals surface area contributed by atoms with Gasteiger partial charge in [-0.15, -0.1) is 0 Å². The Morgan fingerprint density at radius 3 is 2.69 bits per heavy atom. The minimum Gasteiger partial charge on any atom is -0.377 e. The van der Waals surface area contributed by atoms with E-state index in [1.165, 1.54) is 45.1 Å². The molecule has 1 saturated carbocycles. The van der Waals surface area contributed by atoms with Crippen molar-refractivity contribution in [3.63, 3.8) is 0 Å². The molecule has 1 heterocycles. The molecule has 0 aromatic rings. The molecule has 0 radical (unpaired) electrons. The van der Waals surface area contributed by atoms with Crippen LogP contribution in [0.2, 0.25) is 0 Å². The highest BCUT2D eigenvalue weighted by molar-refractivity contribution is 4.97. The van der Waals surface area contributed by atoms with Crippen LogP contribution in [-0.4, -0.2) is 42.8 Å². The van der Waals surface area contributed by atoms with Crippen molar-refractivity contribution in [3.05, 3.63) is 0 Å². The van der Waals surface area contributed by atoms with E-state index in [0.29, 0.717) is 11.6 Å². The minimum absolute atomic E-state index is 0.315. The fourth-order valence-corrected chi connectivity index (χ4v) is 3.42. The predicted octanol–water partition coefficient (Wildman–Crippen LogP) is 1.76. The van der Waals surface area contributed by atoms with E-state index in [0.717, 1.165) is 19.7 Å². The molecule has 1 unspecified atom stereocenters. The van der Waals surface area contributed by atoms with Crippen LogP contribution in [0.5, 0.6) is 0 Å². The highest BCUT2D eigenvalue weighted by Crippen LogP contribution is 2.36. The number of nitrogens with two attached hydrogens (primary N) is 1. The van der Waals surface area contributed by atoms with Crippen LogP contribution < -0.4 is 5.73 Å². The standard InChI is InChI=1S/C13H26N2O/c1-2-16-12-6-5-9-15(10-12)13(11-14)7-3-4-8-13/h12H,2-11,14H2,1H3. The molecule has 1 aliphatic heterocycles. The summed E-state index contributed by atoms with van der Waals surface area (Å²) in [4.78, 5) is 2.63. The number of piperidine rings is 1. The van der Waals surface area contributed by atoms with E-state index in [1.54, 1.807) is 0 Å². The van der Waals surface area contributed by atoms with Gasteiger partial charge < -0.3 is 10.5 Å². The van der Waals surface area contributed by atoms with Crippen LogP contribution in [0.25, 0.3) is 0 Å². The van der Waals surface area contributed by atoms with Gasteiger partial charge in [0.1, 0.15) is 0 Å². The Kier molecular flexibility index (Phi) is 4.22. The van der Waals surface area contributed by atoms with Crippen LogP contribution in [0.3, 0.4) is 0 Å². The van der Waals surface area contributed by atoms with Crippen molar-refractivity contribution in [2.75, 3.05) is 26.2 Å². The van der Waals surface area contributed by atoms with Crippen LogP contribution in [0.1, 0.15) is 45.4 Å². The second kappa shape index (κ2) is 5.48. The van der Waals surface area contributed by atoms with Gasteiger partial charge in [0.15, 0.2) is 0 Å². The van der Waals surface area contributed by atoms with Crippen LogP contribution in [0.15, 0.2) is 0 Å². The average Bonchev–Trinajstić information content (AvgIpc) is 2.80. The molecule has 94 valence electrons. The van der Waals surface area contributed by atoms with Gasteiger partial charge in [0.25, 0.3) is 0 Å². The molecule has 0 aromatic heterocycles. The molecule has 3 heteroatoms. The Labute approximate surface area is 99.3 Å². The molecular weight excluding hydrogens is 200 g/mol. The molecule has 2 rings (SSSR count). The molecule has 0 amide bonds. The van der Waals surface area contributed by atoms with E-state index in [2.05, 4.69) is 11.8 Å². The Morgan fingerprint density at radius 1 is 1.31 bits per heavy atom. The van der Waals surface area contributed by atoms with Gasteiger partial charge in [-0.2, -0.15) is 0 Å². The molecule has 16 heavy (non-hydrogen) atoms. The normalized spacial score (nSPS) is 30.8. The average molecular weight is 226 g/mol. The third kappa shape index (κ3) is 2.41. The van der Waals surface area contributed by atoms with Crippen LogP contribution in [0.4, 0.5) is 0 Å². The number of hydrogen-bond acceptors (Lipinski definition) is 3. The number of ether oxygens (including phenoxy) is 1. The highest BCUT2D eigenvalue weighted by Gasteiger charge is 2.40. The van der Waals surface area contributed by atoms with Gasteiger partial charge in [-0.1, -0.05) is 12.8 Å². The van der Waals surface area contributed by atoms with Crippen molar-refractivity contribution in [1.82, 2.24) is 4.90 Å². The van der Waals surface area contributed by atoms with Crippen LogP contribution in [0, 0.1) is 0 Å². The maximum atomic E-state index is 6.04. The Morgan fingerprint density at radius 2 is 2.06 bits per heavy atom. The molecule has 2 fully saturated rings. The van der Waals surface area contributed by atoms with Gasteiger partial charge in [-0.25, -0.2) is 0 Å². The van der Waals surface area contributed by atoms with Crippen molar-refractivity contribution in [2.24, 2.45) is 5.73 Å². The molecule has 1 aliphatic carbocycles. The minimum atomic E-state index is 0.315. The summed E-state index contributed by atoms with van der Waals surface area (Å²) in [5.74, 6) is 0. The molecule has 0 spiro atoms. The first-order chi connectivity index (χ1) is 7.80. The first-order valence-corrected chi connectivity index (χ1v) is 6.87. The number of rotatable bonds is 4.